The standard InChI is InChI=1S/C16H21N3O6S2/c1-11-8-16(19(17-11)12-6-7-26(20,21)10-12)18-27(22,23)13-4-5-14(24-2)15(9-13)25-3/h4-5,8-9,12,18H,6-7,10H2,1-3H3/t12-/m0/s1. The van der Waals surface area contributed by atoms with Gasteiger partial charge in [-0.05, 0) is 25.5 Å². The normalized spacial score (nSPS) is 19.0. The predicted octanol–water partition coefficient (Wildman–Crippen LogP) is 1.37. The molecule has 0 aliphatic carbocycles. The first-order valence-electron chi connectivity index (χ1n) is 8.16. The summed E-state index contributed by atoms with van der Waals surface area (Å²) in [5.74, 6) is 0.933. The lowest BCUT2D eigenvalue weighted by molar-refractivity contribution is 0.354. The number of benzene rings is 1. The van der Waals surface area contributed by atoms with Crippen molar-refractivity contribution in [2.45, 2.75) is 24.3 Å². The van der Waals surface area contributed by atoms with Crippen LogP contribution in [0.5, 0.6) is 11.5 Å². The fourth-order valence-corrected chi connectivity index (χ4v) is 5.77. The molecule has 0 radical (unpaired) electrons. The number of hydrogen-bond donors (Lipinski definition) is 1. The van der Waals surface area contributed by atoms with Crippen LogP contribution in [0, 0.1) is 6.92 Å². The van der Waals surface area contributed by atoms with Crippen molar-refractivity contribution in [2.24, 2.45) is 0 Å². The number of anilines is 1. The van der Waals surface area contributed by atoms with Crippen LogP contribution in [0.2, 0.25) is 0 Å². The second kappa shape index (κ2) is 7.04. The summed E-state index contributed by atoms with van der Waals surface area (Å²) in [5, 5.41) is 4.28. The molecular formula is C16H21N3O6S2. The zero-order chi connectivity index (χ0) is 19.8. The third-order valence-electron chi connectivity index (χ3n) is 4.32. The van der Waals surface area contributed by atoms with E-state index in [2.05, 4.69) is 9.82 Å². The quantitative estimate of drug-likeness (QED) is 0.757. The van der Waals surface area contributed by atoms with Crippen molar-refractivity contribution < 1.29 is 26.3 Å². The smallest absolute Gasteiger partial charge is 0.263 e. The summed E-state index contributed by atoms with van der Waals surface area (Å²) in [5.41, 5.74) is 0.587. The molecule has 148 valence electrons. The minimum atomic E-state index is -3.93. The summed E-state index contributed by atoms with van der Waals surface area (Å²) >= 11 is 0. The van der Waals surface area contributed by atoms with Gasteiger partial charge >= 0.3 is 0 Å². The van der Waals surface area contributed by atoms with Gasteiger partial charge in [0.1, 0.15) is 5.82 Å². The Labute approximate surface area is 158 Å². The highest BCUT2D eigenvalue weighted by Crippen LogP contribution is 2.31. The molecule has 9 nitrogen and oxygen atoms in total. The Bertz CT molecular complexity index is 1060. The summed E-state index contributed by atoms with van der Waals surface area (Å²) in [4.78, 5) is -0.00963. The molecule has 0 bridgehead atoms. The molecule has 1 aromatic heterocycles. The summed E-state index contributed by atoms with van der Waals surface area (Å²) in [7, 11) is -4.19. The summed E-state index contributed by atoms with van der Waals surface area (Å²) in [6.07, 6.45) is 0.397. The Balaban J connectivity index is 1.93. The van der Waals surface area contributed by atoms with Crippen LogP contribution in [0.3, 0.4) is 0 Å². The van der Waals surface area contributed by atoms with Crippen molar-refractivity contribution in [3.8, 4) is 11.5 Å². The molecule has 2 aromatic rings. The van der Waals surface area contributed by atoms with Gasteiger partial charge < -0.3 is 9.47 Å². The van der Waals surface area contributed by atoms with E-state index in [-0.39, 0.29) is 28.0 Å². The van der Waals surface area contributed by atoms with Crippen molar-refractivity contribution in [3.63, 3.8) is 0 Å². The maximum atomic E-state index is 12.8. The summed E-state index contributed by atoms with van der Waals surface area (Å²) in [6, 6.07) is 5.43. The Morgan fingerprint density at radius 1 is 1.19 bits per heavy atom. The average Bonchev–Trinajstić information content (AvgIpc) is 3.15. The molecule has 1 atom stereocenters. The second-order valence-corrected chi connectivity index (χ2v) is 10.2. The number of aromatic nitrogens is 2. The highest BCUT2D eigenvalue weighted by Gasteiger charge is 2.32. The molecular weight excluding hydrogens is 394 g/mol. The SMILES string of the molecule is COc1ccc(S(=O)(=O)Nc2cc(C)nn2[C@H]2CCS(=O)(=O)C2)cc1OC. The number of methoxy groups -OCH3 is 2. The number of hydrogen-bond acceptors (Lipinski definition) is 7. The molecule has 1 N–H and O–H groups in total. The van der Waals surface area contributed by atoms with E-state index in [1.807, 2.05) is 0 Å². The van der Waals surface area contributed by atoms with Gasteiger partial charge in [0.25, 0.3) is 10.0 Å². The minimum Gasteiger partial charge on any atom is -0.493 e. The third-order valence-corrected chi connectivity index (χ3v) is 7.42. The monoisotopic (exact) mass is 415 g/mol. The van der Waals surface area contributed by atoms with E-state index in [1.165, 1.54) is 37.1 Å². The Morgan fingerprint density at radius 2 is 1.89 bits per heavy atom. The van der Waals surface area contributed by atoms with Crippen molar-refractivity contribution in [2.75, 3.05) is 30.4 Å². The molecule has 27 heavy (non-hydrogen) atoms. The van der Waals surface area contributed by atoms with E-state index in [0.29, 0.717) is 17.9 Å². The first kappa shape index (κ1) is 19.5. The predicted molar refractivity (Wildman–Crippen MR) is 99.6 cm³/mol. The van der Waals surface area contributed by atoms with Gasteiger partial charge in [0.05, 0.1) is 42.4 Å². The molecule has 0 amide bonds. The highest BCUT2D eigenvalue weighted by atomic mass is 32.2. The number of sulfonamides is 1. The van der Waals surface area contributed by atoms with Crippen LogP contribution < -0.4 is 14.2 Å². The van der Waals surface area contributed by atoms with Gasteiger partial charge in [-0.1, -0.05) is 0 Å². The first-order valence-corrected chi connectivity index (χ1v) is 11.5. The van der Waals surface area contributed by atoms with E-state index >= 15 is 0 Å². The minimum absolute atomic E-state index is 0.00963. The molecule has 0 unspecified atom stereocenters. The molecule has 1 aliphatic heterocycles. The van der Waals surface area contributed by atoms with E-state index < -0.39 is 25.9 Å². The molecule has 3 rings (SSSR count). The molecule has 11 heteroatoms. The second-order valence-electron chi connectivity index (χ2n) is 6.29. The molecule has 0 spiro atoms. The zero-order valence-electron chi connectivity index (χ0n) is 15.2. The van der Waals surface area contributed by atoms with E-state index in [9.17, 15) is 16.8 Å². The Kier molecular flexibility index (Phi) is 5.08. The van der Waals surface area contributed by atoms with Gasteiger partial charge in [0.15, 0.2) is 21.3 Å². The lowest BCUT2D eigenvalue weighted by atomic mass is 10.3. The maximum absolute atomic E-state index is 12.8. The number of nitrogens with one attached hydrogen (secondary N) is 1. The van der Waals surface area contributed by atoms with Crippen LogP contribution in [0.15, 0.2) is 29.2 Å². The zero-order valence-corrected chi connectivity index (χ0v) is 16.8. The van der Waals surface area contributed by atoms with Gasteiger partial charge in [0, 0.05) is 12.1 Å². The molecule has 1 aromatic carbocycles. The third kappa shape index (κ3) is 4.03. The van der Waals surface area contributed by atoms with Crippen LogP contribution >= 0.6 is 0 Å². The van der Waals surface area contributed by atoms with Crippen LogP contribution in [-0.2, 0) is 19.9 Å². The van der Waals surface area contributed by atoms with Gasteiger partial charge in [-0.25, -0.2) is 21.5 Å². The molecule has 0 saturated carbocycles. The van der Waals surface area contributed by atoms with Gasteiger partial charge in [-0.2, -0.15) is 5.10 Å². The average molecular weight is 415 g/mol. The van der Waals surface area contributed by atoms with Crippen molar-refractivity contribution in [1.82, 2.24) is 9.78 Å². The summed E-state index contributed by atoms with van der Waals surface area (Å²) in [6.45, 7) is 1.72. The van der Waals surface area contributed by atoms with Crippen LogP contribution in [0.25, 0.3) is 0 Å². The lowest BCUT2D eigenvalue weighted by Crippen LogP contribution is -2.20. The lowest BCUT2D eigenvalue weighted by Gasteiger charge is -2.15. The fraction of sp³-hybridized carbons (Fsp3) is 0.438. The fourth-order valence-electron chi connectivity index (χ4n) is 3.02. The van der Waals surface area contributed by atoms with Gasteiger partial charge in [-0.3, -0.25) is 4.72 Å². The number of aryl methyl sites for hydroxylation is 1. The van der Waals surface area contributed by atoms with Crippen molar-refractivity contribution in [1.29, 1.82) is 0 Å². The van der Waals surface area contributed by atoms with Gasteiger partial charge in [-0.15, -0.1) is 0 Å². The van der Waals surface area contributed by atoms with Crippen LogP contribution in [-0.4, -0.2) is 52.3 Å². The van der Waals surface area contributed by atoms with E-state index in [1.54, 1.807) is 13.0 Å². The number of nitrogens with zero attached hydrogens (tertiary/aromatic N) is 2. The number of sulfone groups is 1. The Morgan fingerprint density at radius 3 is 2.48 bits per heavy atom. The van der Waals surface area contributed by atoms with Crippen LogP contribution in [0.1, 0.15) is 18.2 Å². The van der Waals surface area contributed by atoms with Crippen LogP contribution in [0.4, 0.5) is 5.82 Å². The molecule has 1 aliphatic rings. The molecule has 1 fully saturated rings. The van der Waals surface area contributed by atoms with E-state index in [4.69, 9.17) is 9.47 Å². The molecule has 2 heterocycles. The highest BCUT2D eigenvalue weighted by molar-refractivity contribution is 7.92. The first-order chi connectivity index (χ1) is 12.6. The van der Waals surface area contributed by atoms with Crippen molar-refractivity contribution >= 4 is 25.7 Å². The van der Waals surface area contributed by atoms with Gasteiger partial charge in [0.2, 0.25) is 0 Å². The maximum Gasteiger partial charge on any atom is 0.263 e. The Hall–Kier alpha value is -2.27. The molecule has 1 saturated heterocycles. The number of ether oxygens (including phenoxy) is 2. The largest absolute Gasteiger partial charge is 0.493 e. The topological polar surface area (TPSA) is 117 Å². The van der Waals surface area contributed by atoms with E-state index in [0.717, 1.165) is 0 Å². The van der Waals surface area contributed by atoms with Crippen molar-refractivity contribution in [3.05, 3.63) is 30.0 Å². The number of rotatable bonds is 6. The summed E-state index contributed by atoms with van der Waals surface area (Å²) < 4.78 is 63.4.